The van der Waals surface area contributed by atoms with E-state index < -0.39 is 29.7 Å². The summed E-state index contributed by atoms with van der Waals surface area (Å²) in [6, 6.07) is 19.2. The number of carbonyl (C=O) groups is 3. The summed E-state index contributed by atoms with van der Waals surface area (Å²) in [4.78, 5) is 41.6. The number of amides is 3. The van der Waals surface area contributed by atoms with Crippen molar-refractivity contribution in [1.82, 2.24) is 10.2 Å². The maximum Gasteiger partial charge on any atom is 0.408 e. The number of nitrogens with zero attached hydrogens (tertiary/aromatic N) is 1. The summed E-state index contributed by atoms with van der Waals surface area (Å²) in [5.74, 6) is -0.710. The topological polar surface area (TPSA) is 87.7 Å². The highest BCUT2D eigenvalue weighted by atomic mass is 32.1. The predicted molar refractivity (Wildman–Crippen MR) is 156 cm³/mol. The van der Waals surface area contributed by atoms with E-state index in [-0.39, 0.29) is 11.7 Å². The lowest BCUT2D eigenvalue weighted by molar-refractivity contribution is -0.140. The fourth-order valence-corrected chi connectivity index (χ4v) is 4.39. The van der Waals surface area contributed by atoms with Crippen LogP contribution in [0.25, 0.3) is 10.8 Å². The van der Waals surface area contributed by atoms with Gasteiger partial charge in [0.25, 0.3) is 5.91 Å². The van der Waals surface area contributed by atoms with Gasteiger partial charge in [0.1, 0.15) is 17.7 Å². The Balaban J connectivity index is 1.95. The molecule has 0 aliphatic heterocycles. The summed E-state index contributed by atoms with van der Waals surface area (Å²) in [7, 11) is 0. The molecule has 2 N–H and O–H groups in total. The third kappa shape index (κ3) is 7.74. The minimum absolute atomic E-state index is 0.0468. The lowest BCUT2D eigenvalue weighted by Gasteiger charge is -2.34. The van der Waals surface area contributed by atoms with Gasteiger partial charge in [-0.05, 0) is 62.6 Å². The maximum atomic E-state index is 13.8. The molecule has 0 radical (unpaired) electrons. The minimum atomic E-state index is -0.971. The second-order valence-corrected chi connectivity index (χ2v) is 10.6. The van der Waals surface area contributed by atoms with Crippen LogP contribution in [0.3, 0.4) is 0 Å². The molecule has 3 amide bonds. The Bertz CT molecular complexity index is 1270. The van der Waals surface area contributed by atoms with E-state index in [9.17, 15) is 14.4 Å². The first-order valence-electron chi connectivity index (χ1n) is 12.8. The molecule has 0 aromatic heterocycles. The molecular weight excluding hydrogens is 498 g/mol. The summed E-state index contributed by atoms with van der Waals surface area (Å²) in [6.45, 7) is 9.45. The van der Waals surface area contributed by atoms with Crippen LogP contribution in [0, 0.1) is 6.92 Å². The van der Waals surface area contributed by atoms with Crippen LogP contribution in [-0.2, 0) is 14.3 Å². The number of alkyl carbamates (subject to hydrolysis) is 1. The molecule has 0 aliphatic carbocycles. The fourth-order valence-electron chi connectivity index (χ4n) is 4.14. The number of hydrogen-bond acceptors (Lipinski definition) is 5. The van der Waals surface area contributed by atoms with Crippen molar-refractivity contribution in [2.24, 2.45) is 0 Å². The second-order valence-electron chi connectivity index (χ2n) is 10.3. The lowest BCUT2D eigenvalue weighted by Crippen LogP contribution is -2.53. The summed E-state index contributed by atoms with van der Waals surface area (Å²) < 4.78 is 5.35. The Morgan fingerprint density at radius 2 is 1.63 bits per heavy atom. The van der Waals surface area contributed by atoms with E-state index in [4.69, 9.17) is 4.74 Å². The molecule has 3 aromatic rings. The molecule has 3 rings (SSSR count). The van der Waals surface area contributed by atoms with Crippen LogP contribution < -0.4 is 10.6 Å². The Kier molecular flexibility index (Phi) is 9.80. The van der Waals surface area contributed by atoms with Crippen LogP contribution >= 0.6 is 12.6 Å². The first-order chi connectivity index (χ1) is 18.0. The number of ether oxygens (including phenoxy) is 1. The second kappa shape index (κ2) is 12.8. The Morgan fingerprint density at radius 1 is 0.974 bits per heavy atom. The van der Waals surface area contributed by atoms with Crippen molar-refractivity contribution >= 4 is 47.0 Å². The molecule has 0 spiro atoms. The number of anilines is 1. The fraction of sp³-hybridized carbons (Fsp3) is 0.367. The molecule has 7 nitrogen and oxygen atoms in total. The SMILES string of the molecule is CCCN(C(=O)C(CS)NC(=O)OC(C)(C)C)C(C(=O)Nc1ccc2ccccc2c1)c1ccc(C)cc1. The van der Waals surface area contributed by atoms with Gasteiger partial charge < -0.3 is 20.3 Å². The van der Waals surface area contributed by atoms with E-state index in [1.54, 1.807) is 20.8 Å². The number of carbonyl (C=O) groups excluding carboxylic acids is 3. The first kappa shape index (κ1) is 29.0. The standard InChI is InChI=1S/C30H37N3O4S/c1-6-17-33(28(35)25(19-38)32-29(36)37-30(3,4)5)26(22-13-11-20(2)12-14-22)27(34)31-24-16-15-21-9-7-8-10-23(21)18-24/h7-16,18,25-26,38H,6,17,19H2,1-5H3,(H,31,34)(H,32,36). The molecule has 2 unspecified atom stereocenters. The number of rotatable bonds is 9. The van der Waals surface area contributed by atoms with Gasteiger partial charge in [-0.25, -0.2) is 4.79 Å². The molecule has 3 aromatic carbocycles. The van der Waals surface area contributed by atoms with Crippen LogP contribution in [-0.4, -0.2) is 46.7 Å². The van der Waals surface area contributed by atoms with Gasteiger partial charge >= 0.3 is 6.09 Å². The number of hydrogen-bond donors (Lipinski definition) is 3. The zero-order chi connectivity index (χ0) is 27.9. The van der Waals surface area contributed by atoms with E-state index in [0.717, 1.165) is 16.3 Å². The Labute approximate surface area is 230 Å². The normalized spacial score (nSPS) is 12.9. The highest BCUT2D eigenvalue weighted by Gasteiger charge is 2.35. The lowest BCUT2D eigenvalue weighted by atomic mass is 10.0. The van der Waals surface area contributed by atoms with Crippen LogP contribution in [0.1, 0.15) is 51.3 Å². The van der Waals surface area contributed by atoms with Crippen molar-refractivity contribution in [2.75, 3.05) is 17.6 Å². The molecule has 0 saturated carbocycles. The maximum absolute atomic E-state index is 13.8. The smallest absolute Gasteiger partial charge is 0.408 e. The van der Waals surface area contributed by atoms with Crippen LogP contribution in [0.2, 0.25) is 0 Å². The van der Waals surface area contributed by atoms with E-state index >= 15 is 0 Å². The average molecular weight is 536 g/mol. The van der Waals surface area contributed by atoms with E-state index in [0.29, 0.717) is 24.2 Å². The monoisotopic (exact) mass is 535 g/mol. The van der Waals surface area contributed by atoms with Crippen molar-refractivity contribution < 1.29 is 19.1 Å². The molecule has 0 bridgehead atoms. The Hall–Kier alpha value is -3.52. The summed E-state index contributed by atoms with van der Waals surface area (Å²) >= 11 is 4.32. The summed E-state index contributed by atoms with van der Waals surface area (Å²) in [5, 5.41) is 7.69. The number of fused-ring (bicyclic) bond motifs is 1. The average Bonchev–Trinajstić information content (AvgIpc) is 2.86. The van der Waals surface area contributed by atoms with Gasteiger partial charge in [0.2, 0.25) is 5.91 Å². The van der Waals surface area contributed by atoms with Gasteiger partial charge in [0.15, 0.2) is 0 Å². The van der Waals surface area contributed by atoms with Gasteiger partial charge in [-0.3, -0.25) is 9.59 Å². The third-order valence-electron chi connectivity index (χ3n) is 5.89. The highest BCUT2D eigenvalue weighted by molar-refractivity contribution is 7.80. The minimum Gasteiger partial charge on any atom is -0.444 e. The van der Waals surface area contributed by atoms with Gasteiger partial charge in [0.05, 0.1) is 0 Å². The van der Waals surface area contributed by atoms with Gasteiger partial charge in [-0.2, -0.15) is 12.6 Å². The van der Waals surface area contributed by atoms with E-state index in [2.05, 4.69) is 23.3 Å². The van der Waals surface area contributed by atoms with Crippen molar-refractivity contribution in [1.29, 1.82) is 0 Å². The number of nitrogens with one attached hydrogen (secondary N) is 2. The van der Waals surface area contributed by atoms with Crippen molar-refractivity contribution in [3.8, 4) is 0 Å². The van der Waals surface area contributed by atoms with Crippen molar-refractivity contribution in [3.63, 3.8) is 0 Å². The van der Waals surface area contributed by atoms with Crippen molar-refractivity contribution in [2.45, 2.75) is 58.7 Å². The molecule has 0 fully saturated rings. The van der Waals surface area contributed by atoms with E-state index in [1.165, 1.54) is 4.90 Å². The molecule has 2 atom stereocenters. The van der Waals surface area contributed by atoms with Gasteiger partial charge in [0, 0.05) is 18.0 Å². The Morgan fingerprint density at radius 3 is 2.24 bits per heavy atom. The van der Waals surface area contributed by atoms with Crippen molar-refractivity contribution in [3.05, 3.63) is 77.9 Å². The molecule has 38 heavy (non-hydrogen) atoms. The summed E-state index contributed by atoms with van der Waals surface area (Å²) in [5.41, 5.74) is 1.62. The molecule has 0 saturated heterocycles. The van der Waals surface area contributed by atoms with Gasteiger partial charge in [-0.15, -0.1) is 0 Å². The molecule has 0 aliphatic rings. The molecule has 8 heteroatoms. The number of aryl methyl sites for hydroxylation is 1. The first-order valence-corrected chi connectivity index (χ1v) is 13.4. The molecule has 0 heterocycles. The number of benzene rings is 3. The highest BCUT2D eigenvalue weighted by Crippen LogP contribution is 2.26. The molecule has 202 valence electrons. The van der Waals surface area contributed by atoms with E-state index in [1.807, 2.05) is 80.6 Å². The molecular formula is C30H37N3O4S. The zero-order valence-corrected chi connectivity index (χ0v) is 23.5. The summed E-state index contributed by atoms with van der Waals surface area (Å²) in [6.07, 6.45) is -0.0999. The third-order valence-corrected chi connectivity index (χ3v) is 6.25. The predicted octanol–water partition coefficient (Wildman–Crippen LogP) is 5.89. The van der Waals surface area contributed by atoms with Crippen LogP contribution in [0.15, 0.2) is 66.7 Å². The zero-order valence-electron chi connectivity index (χ0n) is 22.7. The quantitative estimate of drug-likeness (QED) is 0.298. The largest absolute Gasteiger partial charge is 0.444 e. The van der Waals surface area contributed by atoms with Crippen LogP contribution in [0.5, 0.6) is 0 Å². The van der Waals surface area contributed by atoms with Crippen LogP contribution in [0.4, 0.5) is 10.5 Å². The van der Waals surface area contributed by atoms with Gasteiger partial charge in [-0.1, -0.05) is 67.1 Å². The number of thiol groups is 1.